The highest BCUT2D eigenvalue weighted by molar-refractivity contribution is 6.20. The van der Waals surface area contributed by atoms with Gasteiger partial charge < -0.3 is 33.7 Å². The summed E-state index contributed by atoms with van der Waals surface area (Å²) in [5, 5.41) is 6.04. The molecule has 7 heterocycles. The molecule has 3 aromatic carbocycles. The van der Waals surface area contributed by atoms with Crippen molar-refractivity contribution in [1.82, 2.24) is 18.9 Å². The van der Waals surface area contributed by atoms with Crippen molar-refractivity contribution in [1.29, 1.82) is 0 Å². The highest BCUT2D eigenvalue weighted by Gasteiger charge is 2.54. The number of nitrogens with zero attached hydrogens (tertiary/aromatic N) is 4. The predicted octanol–water partition coefficient (Wildman–Crippen LogP) is 10.1. The number of carbonyl (C=O) groups excluding carboxylic acids is 4. The van der Waals surface area contributed by atoms with E-state index in [-0.39, 0.29) is 55.2 Å². The molecule has 0 spiro atoms. The third kappa shape index (κ3) is 6.05. The molecular weight excluding hydrogens is 803 g/mol. The Hall–Kier alpha value is -6.10. The molecule has 11 heteroatoms. The molecule has 332 valence electrons. The number of aromatic nitrogens is 2. The van der Waals surface area contributed by atoms with Crippen molar-refractivity contribution in [2.45, 2.75) is 111 Å². The number of nitrogens with one attached hydrogen (secondary N) is 1. The van der Waals surface area contributed by atoms with Crippen LogP contribution in [0, 0.1) is 10.8 Å². The fourth-order valence-electron chi connectivity index (χ4n) is 12.7. The maximum atomic E-state index is 14.7. The number of piperidine rings is 2. The quantitative estimate of drug-likeness (QED) is 0.155. The van der Waals surface area contributed by atoms with Gasteiger partial charge in [-0.2, -0.15) is 0 Å². The number of carbonyl (C=O) groups is 4. The zero-order valence-electron chi connectivity index (χ0n) is 37.9. The van der Waals surface area contributed by atoms with E-state index in [1.54, 1.807) is 13.8 Å². The molecule has 2 fully saturated rings. The topological polar surface area (TPSA) is 115 Å². The molecule has 10 rings (SSSR count). The van der Waals surface area contributed by atoms with E-state index in [1.165, 1.54) is 0 Å². The molecule has 2 amide bonds. The van der Waals surface area contributed by atoms with Crippen LogP contribution in [0.4, 0.5) is 5.69 Å². The van der Waals surface area contributed by atoms with Gasteiger partial charge in [0.15, 0.2) is 0 Å². The van der Waals surface area contributed by atoms with Gasteiger partial charge in [0, 0.05) is 65.7 Å². The van der Waals surface area contributed by atoms with Crippen LogP contribution in [0.25, 0.3) is 33.0 Å². The molecular formula is C53H59N5O6. The maximum Gasteiger partial charge on any atom is 0.339 e. The van der Waals surface area contributed by atoms with E-state index in [2.05, 4.69) is 95.0 Å². The van der Waals surface area contributed by atoms with Crippen molar-refractivity contribution >= 4 is 62.4 Å². The van der Waals surface area contributed by atoms with Crippen LogP contribution in [0.1, 0.15) is 132 Å². The molecule has 64 heavy (non-hydrogen) atoms. The summed E-state index contributed by atoms with van der Waals surface area (Å²) in [4.78, 5) is 60.8. The SMILES string of the molecule is CCOC(=O)C1=C[C@]2(CC)CCCN(C(C)=O)[C@@H]2n2c1c([C@@H]1Cc3ccccc3N[C@H]1c1c3n(c4ccccc14)[C@H]1N(C(C)=O)CCC[C@@]1(CC)C=C3C(=O)OCC)c1ccccc12. The number of esters is 2. The number of amides is 2. The van der Waals surface area contributed by atoms with Crippen molar-refractivity contribution in [3.05, 3.63) is 113 Å². The van der Waals surface area contributed by atoms with E-state index in [0.29, 0.717) is 30.7 Å². The number of rotatable bonds is 8. The Bertz CT molecular complexity index is 2620. The van der Waals surface area contributed by atoms with E-state index in [0.717, 1.165) is 94.1 Å². The average molecular weight is 862 g/mol. The van der Waals surface area contributed by atoms with Gasteiger partial charge in [0.1, 0.15) is 12.3 Å². The molecule has 6 atom stereocenters. The molecule has 5 aromatic rings. The van der Waals surface area contributed by atoms with Gasteiger partial charge in [-0.05, 0) is 88.1 Å². The van der Waals surface area contributed by atoms with Crippen molar-refractivity contribution in [3.63, 3.8) is 0 Å². The maximum absolute atomic E-state index is 14.7. The number of fused-ring (bicyclic) bond motifs is 11. The molecule has 0 radical (unpaired) electrons. The van der Waals surface area contributed by atoms with E-state index in [4.69, 9.17) is 9.47 Å². The van der Waals surface area contributed by atoms with Crippen LogP contribution in [-0.2, 0) is 35.1 Å². The van der Waals surface area contributed by atoms with Crippen LogP contribution >= 0.6 is 0 Å². The summed E-state index contributed by atoms with van der Waals surface area (Å²) in [7, 11) is 0. The van der Waals surface area contributed by atoms with Gasteiger partial charge in [-0.25, -0.2) is 9.59 Å². The minimum atomic E-state index is -0.505. The molecule has 2 aromatic heterocycles. The van der Waals surface area contributed by atoms with E-state index < -0.39 is 16.9 Å². The van der Waals surface area contributed by atoms with Crippen LogP contribution in [0.15, 0.2) is 84.9 Å². The Morgan fingerprint density at radius 3 is 1.61 bits per heavy atom. The lowest BCUT2D eigenvalue weighted by Gasteiger charge is -2.52. The van der Waals surface area contributed by atoms with Crippen LogP contribution in [-0.4, -0.2) is 69.0 Å². The van der Waals surface area contributed by atoms with Crippen molar-refractivity contribution in [2.75, 3.05) is 31.6 Å². The first-order valence-corrected chi connectivity index (χ1v) is 23.5. The fourth-order valence-corrected chi connectivity index (χ4v) is 12.7. The van der Waals surface area contributed by atoms with Crippen LogP contribution in [0.2, 0.25) is 0 Å². The monoisotopic (exact) mass is 861 g/mol. The Morgan fingerprint density at radius 2 is 1.11 bits per heavy atom. The van der Waals surface area contributed by atoms with E-state index in [1.807, 2.05) is 41.8 Å². The Labute approximate surface area is 375 Å². The lowest BCUT2D eigenvalue weighted by Crippen LogP contribution is -2.52. The zero-order valence-corrected chi connectivity index (χ0v) is 37.9. The first-order valence-electron chi connectivity index (χ1n) is 23.5. The van der Waals surface area contributed by atoms with Gasteiger partial charge in [-0.1, -0.05) is 80.6 Å². The second kappa shape index (κ2) is 15.9. The Balaban J connectivity index is 1.32. The van der Waals surface area contributed by atoms with Crippen LogP contribution in [0.5, 0.6) is 0 Å². The first-order chi connectivity index (χ1) is 31.0. The lowest BCUT2D eigenvalue weighted by molar-refractivity contribution is -0.141. The number of anilines is 1. The molecule has 2 saturated heterocycles. The van der Waals surface area contributed by atoms with Gasteiger partial charge in [0.05, 0.1) is 52.8 Å². The largest absolute Gasteiger partial charge is 0.462 e. The molecule has 5 aliphatic heterocycles. The van der Waals surface area contributed by atoms with Gasteiger partial charge >= 0.3 is 11.9 Å². The normalized spacial score (nSPS) is 25.8. The van der Waals surface area contributed by atoms with Crippen molar-refractivity contribution < 1.29 is 28.7 Å². The molecule has 5 aliphatic rings. The summed E-state index contributed by atoms with van der Waals surface area (Å²) < 4.78 is 16.5. The molecule has 0 saturated carbocycles. The van der Waals surface area contributed by atoms with Gasteiger partial charge in [0.2, 0.25) is 11.8 Å². The van der Waals surface area contributed by atoms with Crippen molar-refractivity contribution in [2.24, 2.45) is 10.8 Å². The summed E-state index contributed by atoms with van der Waals surface area (Å²) >= 11 is 0. The highest BCUT2D eigenvalue weighted by Crippen LogP contribution is 2.60. The molecule has 11 nitrogen and oxygen atoms in total. The lowest BCUT2D eigenvalue weighted by atomic mass is 9.69. The third-order valence-corrected chi connectivity index (χ3v) is 15.4. The summed E-state index contributed by atoms with van der Waals surface area (Å²) in [6.45, 7) is 13.0. The van der Waals surface area contributed by atoms with Gasteiger partial charge in [-0.3, -0.25) is 9.59 Å². The summed E-state index contributed by atoms with van der Waals surface area (Å²) in [5.41, 5.74) is 7.53. The average Bonchev–Trinajstić information content (AvgIpc) is 3.83. The molecule has 0 unspecified atom stereocenters. The molecule has 0 aliphatic carbocycles. The van der Waals surface area contributed by atoms with Crippen molar-refractivity contribution in [3.8, 4) is 0 Å². The third-order valence-electron chi connectivity index (χ3n) is 15.4. The standard InChI is InChI=1S/C53H59N5O6/c1-7-52-25-17-27-55(32(5)59)50(52)57-41-23-15-12-20-35(41)43(46(57)38(30-52)48(61)63-9-3)37-29-34-19-11-14-22-40(34)54-45(37)44-36-21-13-16-24-42(36)58-47(44)39(49(62)64-10-4)31-53(8-2)26-18-28-56(33(6)60)51(53)58/h11-16,19-24,30-31,37,45,50-51,54H,7-10,17-18,25-29H2,1-6H3/t37-,45+,50+,51+,52-,53-/m0/s1. The number of para-hydroxylation sites is 3. The highest BCUT2D eigenvalue weighted by atomic mass is 16.5. The Morgan fingerprint density at radius 1 is 0.641 bits per heavy atom. The number of benzene rings is 3. The summed E-state index contributed by atoms with van der Waals surface area (Å²) in [5.74, 6) is -1.06. The Kier molecular flexibility index (Phi) is 10.4. The number of hydrogen-bond acceptors (Lipinski definition) is 7. The fraction of sp³-hybridized carbons (Fsp3) is 0.434. The molecule has 0 bridgehead atoms. The number of hydrogen-bond donors (Lipinski definition) is 1. The number of ether oxygens (including phenoxy) is 2. The van der Waals surface area contributed by atoms with Crippen LogP contribution < -0.4 is 5.32 Å². The summed E-state index contributed by atoms with van der Waals surface area (Å²) in [6, 6.07) is 24.7. The number of likely N-dealkylation sites (tertiary alicyclic amines) is 2. The van der Waals surface area contributed by atoms with Gasteiger partial charge in [-0.15, -0.1) is 0 Å². The predicted molar refractivity (Wildman–Crippen MR) is 249 cm³/mol. The second-order valence-corrected chi connectivity index (χ2v) is 18.5. The van der Waals surface area contributed by atoms with E-state index >= 15 is 0 Å². The smallest absolute Gasteiger partial charge is 0.339 e. The van der Waals surface area contributed by atoms with Crippen LogP contribution in [0.3, 0.4) is 0 Å². The molecule has 1 N–H and O–H groups in total. The first kappa shape index (κ1) is 41.9. The second-order valence-electron chi connectivity index (χ2n) is 18.5. The van der Waals surface area contributed by atoms with E-state index in [9.17, 15) is 19.2 Å². The zero-order chi connectivity index (χ0) is 44.7. The van der Waals surface area contributed by atoms with Gasteiger partial charge in [0.25, 0.3) is 0 Å². The summed E-state index contributed by atoms with van der Waals surface area (Å²) in [6.07, 6.45) is 8.96. The minimum Gasteiger partial charge on any atom is -0.462 e. The minimum absolute atomic E-state index is 0.000881.